The average molecular weight is 309 g/mol. The maximum absolute atomic E-state index is 2.58. The molecule has 0 bridgehead atoms. The number of allylic oxidation sites excluding steroid dienone is 8. The predicted molar refractivity (Wildman–Crippen MR) is 99.3 cm³/mol. The Balaban J connectivity index is 1.77. The van der Waals surface area contributed by atoms with Gasteiger partial charge in [0, 0.05) is 11.3 Å². The van der Waals surface area contributed by atoms with Gasteiger partial charge in [-0.2, -0.15) is 0 Å². The lowest BCUT2D eigenvalue weighted by molar-refractivity contribution is 0.260. The van der Waals surface area contributed by atoms with Crippen LogP contribution in [0.2, 0.25) is 0 Å². The van der Waals surface area contributed by atoms with Crippen molar-refractivity contribution < 1.29 is 0 Å². The summed E-state index contributed by atoms with van der Waals surface area (Å²) in [7, 11) is 0. The van der Waals surface area contributed by atoms with Crippen molar-refractivity contribution >= 4 is 0 Å². The molecule has 0 aromatic carbocycles. The van der Waals surface area contributed by atoms with Gasteiger partial charge in [0.2, 0.25) is 0 Å². The Morgan fingerprint density at radius 2 is 1.61 bits per heavy atom. The third kappa shape index (κ3) is 2.32. The van der Waals surface area contributed by atoms with Gasteiger partial charge in [-0.3, -0.25) is 0 Å². The molecule has 0 aromatic rings. The number of fused-ring (bicyclic) bond motifs is 1. The molecule has 124 valence electrons. The fourth-order valence-electron chi connectivity index (χ4n) is 5.97. The minimum atomic E-state index is 0.364. The van der Waals surface area contributed by atoms with E-state index >= 15 is 0 Å². The first-order chi connectivity index (χ1) is 11.3. The van der Waals surface area contributed by atoms with E-state index in [1.807, 2.05) is 5.57 Å². The summed E-state index contributed by atoms with van der Waals surface area (Å²) in [6.07, 6.45) is 23.8. The van der Waals surface area contributed by atoms with Crippen LogP contribution in [0.3, 0.4) is 0 Å². The van der Waals surface area contributed by atoms with Gasteiger partial charge in [-0.1, -0.05) is 55.7 Å². The summed E-state index contributed by atoms with van der Waals surface area (Å²) in [5.41, 5.74) is 7.43. The molecule has 1 fully saturated rings. The van der Waals surface area contributed by atoms with E-state index in [0.717, 1.165) is 5.92 Å². The molecule has 0 aromatic heterocycles. The molecular formula is C23H32. The Kier molecular flexibility index (Phi) is 4.12. The van der Waals surface area contributed by atoms with Crippen LogP contribution in [-0.2, 0) is 0 Å². The zero-order chi connectivity index (χ0) is 15.9. The molecule has 4 rings (SSSR count). The van der Waals surface area contributed by atoms with E-state index in [-0.39, 0.29) is 0 Å². The molecule has 0 nitrogen and oxygen atoms in total. The van der Waals surface area contributed by atoms with Gasteiger partial charge in [-0.25, -0.2) is 0 Å². The van der Waals surface area contributed by atoms with Crippen molar-refractivity contribution in [2.45, 2.75) is 78.1 Å². The second kappa shape index (κ2) is 6.11. The highest BCUT2D eigenvalue weighted by molar-refractivity contribution is 5.48. The fraction of sp³-hybridized carbons (Fsp3) is 0.652. The van der Waals surface area contributed by atoms with E-state index in [1.165, 1.54) is 64.2 Å². The molecule has 0 N–H and O–H groups in total. The van der Waals surface area contributed by atoms with Crippen LogP contribution in [0.15, 0.2) is 46.6 Å². The first-order valence-corrected chi connectivity index (χ1v) is 10.1. The summed E-state index contributed by atoms with van der Waals surface area (Å²) in [4.78, 5) is 0. The molecular weight excluding hydrogens is 276 g/mol. The van der Waals surface area contributed by atoms with Gasteiger partial charge in [0.15, 0.2) is 0 Å². The lowest BCUT2D eigenvalue weighted by Crippen LogP contribution is -2.32. The summed E-state index contributed by atoms with van der Waals surface area (Å²) in [5.74, 6) is 1.46. The van der Waals surface area contributed by atoms with E-state index < -0.39 is 0 Å². The topological polar surface area (TPSA) is 0 Å². The minimum Gasteiger partial charge on any atom is -0.0770 e. The lowest BCUT2D eigenvalue weighted by Gasteiger charge is -2.42. The first-order valence-electron chi connectivity index (χ1n) is 10.1. The van der Waals surface area contributed by atoms with Crippen molar-refractivity contribution in [1.82, 2.24) is 0 Å². The van der Waals surface area contributed by atoms with Gasteiger partial charge in [0.25, 0.3) is 0 Å². The molecule has 0 amide bonds. The fourth-order valence-corrected chi connectivity index (χ4v) is 5.97. The van der Waals surface area contributed by atoms with Gasteiger partial charge >= 0.3 is 0 Å². The quantitative estimate of drug-likeness (QED) is 0.529. The van der Waals surface area contributed by atoms with Crippen LogP contribution >= 0.6 is 0 Å². The van der Waals surface area contributed by atoms with Crippen molar-refractivity contribution in [3.63, 3.8) is 0 Å². The van der Waals surface area contributed by atoms with Crippen molar-refractivity contribution in [2.24, 2.45) is 17.3 Å². The maximum atomic E-state index is 2.58. The van der Waals surface area contributed by atoms with Crippen LogP contribution in [-0.4, -0.2) is 0 Å². The van der Waals surface area contributed by atoms with Crippen LogP contribution in [0.4, 0.5) is 0 Å². The van der Waals surface area contributed by atoms with Crippen LogP contribution in [0.25, 0.3) is 0 Å². The monoisotopic (exact) mass is 308 g/mol. The zero-order valence-corrected chi connectivity index (χ0v) is 15.0. The lowest BCUT2D eigenvalue weighted by atomic mass is 9.62. The second-order valence-electron chi connectivity index (χ2n) is 8.11. The van der Waals surface area contributed by atoms with E-state index in [9.17, 15) is 0 Å². The van der Waals surface area contributed by atoms with E-state index in [1.54, 1.807) is 16.7 Å². The van der Waals surface area contributed by atoms with Gasteiger partial charge < -0.3 is 0 Å². The molecule has 0 heterocycles. The molecule has 23 heavy (non-hydrogen) atoms. The maximum Gasteiger partial charge on any atom is 0.00826 e. The molecule has 1 saturated carbocycles. The van der Waals surface area contributed by atoms with E-state index in [2.05, 4.69) is 38.2 Å². The average Bonchev–Trinajstić information content (AvgIpc) is 3.23. The summed E-state index contributed by atoms with van der Waals surface area (Å²) in [6, 6.07) is 0. The Bertz CT molecular complexity index is 592. The normalized spacial score (nSPS) is 30.2. The molecule has 4 aliphatic rings. The highest BCUT2D eigenvalue weighted by atomic mass is 14.5. The smallest absolute Gasteiger partial charge is 0.00826 e. The highest BCUT2D eigenvalue weighted by Crippen LogP contribution is 2.56. The largest absolute Gasteiger partial charge is 0.0770 e. The first kappa shape index (κ1) is 15.5. The van der Waals surface area contributed by atoms with Gasteiger partial charge in [0.1, 0.15) is 0 Å². The SMILES string of the molecule is CCC(CC)(C1=C2CCCCC2C=C1)C1C=CC2=C1CCCC2. The van der Waals surface area contributed by atoms with Crippen molar-refractivity contribution in [2.75, 3.05) is 0 Å². The Hall–Kier alpha value is -1.04. The van der Waals surface area contributed by atoms with Crippen LogP contribution in [0, 0.1) is 17.3 Å². The summed E-state index contributed by atoms with van der Waals surface area (Å²) >= 11 is 0. The Morgan fingerprint density at radius 1 is 0.870 bits per heavy atom. The molecule has 2 atom stereocenters. The third-order valence-electron chi connectivity index (χ3n) is 7.31. The predicted octanol–water partition coefficient (Wildman–Crippen LogP) is 6.91. The molecule has 0 radical (unpaired) electrons. The molecule has 0 saturated heterocycles. The third-order valence-corrected chi connectivity index (χ3v) is 7.31. The molecule has 4 aliphatic carbocycles. The van der Waals surface area contributed by atoms with Gasteiger partial charge in [-0.05, 0) is 74.9 Å². The molecule has 2 unspecified atom stereocenters. The van der Waals surface area contributed by atoms with Gasteiger partial charge in [-0.15, -0.1) is 0 Å². The number of rotatable bonds is 4. The number of hydrogen-bond donors (Lipinski definition) is 0. The van der Waals surface area contributed by atoms with Crippen molar-refractivity contribution in [1.29, 1.82) is 0 Å². The van der Waals surface area contributed by atoms with E-state index in [4.69, 9.17) is 0 Å². The number of hydrogen-bond acceptors (Lipinski definition) is 0. The van der Waals surface area contributed by atoms with Crippen LogP contribution in [0.1, 0.15) is 78.1 Å². The summed E-state index contributed by atoms with van der Waals surface area (Å²) < 4.78 is 0. The second-order valence-corrected chi connectivity index (χ2v) is 8.11. The standard InChI is InChI=1S/C23H32/c1-3-23(4-2,21-15-13-17-9-5-7-11-19(17)21)22-16-14-18-10-6-8-12-20(18)22/h13-17,22H,3-12H2,1-2H3. The van der Waals surface area contributed by atoms with Crippen LogP contribution < -0.4 is 0 Å². The zero-order valence-electron chi connectivity index (χ0n) is 15.0. The molecule has 0 spiro atoms. The summed E-state index contributed by atoms with van der Waals surface area (Å²) in [5, 5.41) is 0. The van der Waals surface area contributed by atoms with E-state index in [0.29, 0.717) is 11.3 Å². The Morgan fingerprint density at radius 3 is 2.43 bits per heavy atom. The van der Waals surface area contributed by atoms with Crippen molar-refractivity contribution in [3.05, 3.63) is 46.6 Å². The molecule has 0 aliphatic heterocycles. The van der Waals surface area contributed by atoms with Crippen LogP contribution in [0.5, 0.6) is 0 Å². The highest BCUT2D eigenvalue weighted by Gasteiger charge is 2.44. The Labute approximate surface area is 142 Å². The minimum absolute atomic E-state index is 0.364. The van der Waals surface area contributed by atoms with Gasteiger partial charge in [0.05, 0.1) is 0 Å². The molecule has 0 heteroatoms. The van der Waals surface area contributed by atoms with Crippen molar-refractivity contribution in [3.8, 4) is 0 Å². The summed E-state index contributed by atoms with van der Waals surface area (Å²) in [6.45, 7) is 4.88.